The predicted molar refractivity (Wildman–Crippen MR) is 121 cm³/mol. The van der Waals surface area contributed by atoms with Crippen molar-refractivity contribution >= 4 is 34.1 Å². The van der Waals surface area contributed by atoms with Crippen molar-refractivity contribution in [1.82, 2.24) is 4.90 Å². The van der Waals surface area contributed by atoms with Crippen LogP contribution in [-0.2, 0) is 15.7 Å². The normalized spacial score (nSPS) is 16.9. The Balaban J connectivity index is 1.36. The molecule has 0 bridgehead atoms. The molecular weight excluding hydrogens is 469 g/mol. The molecule has 1 aliphatic carbocycles. The first-order valence-corrected chi connectivity index (χ1v) is 12.1. The Morgan fingerprint density at radius 3 is 2.29 bits per heavy atom. The van der Waals surface area contributed by atoms with Crippen LogP contribution in [0.25, 0.3) is 0 Å². The van der Waals surface area contributed by atoms with Gasteiger partial charge in [-0.25, -0.2) is 4.79 Å². The number of amides is 2. The summed E-state index contributed by atoms with van der Waals surface area (Å²) in [6, 6.07) is 4.14. The summed E-state index contributed by atoms with van der Waals surface area (Å²) in [6.45, 7) is 2.62. The minimum Gasteiger partial charge on any atom is -0.462 e. The lowest BCUT2D eigenvalue weighted by molar-refractivity contribution is -0.137. The molecule has 10 heteroatoms. The maximum Gasteiger partial charge on any atom is 0.416 e. The van der Waals surface area contributed by atoms with Gasteiger partial charge in [0.2, 0.25) is 5.91 Å². The SMILES string of the molecule is CCOC(=O)c1c(C2CC2)csc1NC(=O)C1CCN(C(=O)c2ccc(C(F)(F)F)cc2)CC1. The number of rotatable bonds is 6. The molecule has 4 rings (SSSR count). The summed E-state index contributed by atoms with van der Waals surface area (Å²) in [4.78, 5) is 39.6. The van der Waals surface area contributed by atoms with Gasteiger partial charge in [-0.2, -0.15) is 13.2 Å². The van der Waals surface area contributed by atoms with Gasteiger partial charge in [-0.3, -0.25) is 9.59 Å². The number of thiophene rings is 1. The first kappa shape index (κ1) is 24.3. The van der Waals surface area contributed by atoms with Crippen LogP contribution in [0, 0.1) is 5.92 Å². The van der Waals surface area contributed by atoms with Crippen molar-refractivity contribution in [3.8, 4) is 0 Å². The van der Waals surface area contributed by atoms with E-state index in [1.165, 1.54) is 23.5 Å². The van der Waals surface area contributed by atoms with Crippen molar-refractivity contribution in [1.29, 1.82) is 0 Å². The molecular formula is C24H25F3N2O4S. The molecule has 2 aromatic rings. The molecule has 2 amide bonds. The molecule has 0 spiro atoms. The molecule has 2 heterocycles. The van der Waals surface area contributed by atoms with Gasteiger partial charge in [0.15, 0.2) is 0 Å². The molecule has 1 aromatic heterocycles. The number of ether oxygens (including phenoxy) is 1. The minimum absolute atomic E-state index is 0.182. The van der Waals surface area contributed by atoms with Crippen LogP contribution < -0.4 is 5.32 Å². The van der Waals surface area contributed by atoms with E-state index in [1.54, 1.807) is 11.8 Å². The van der Waals surface area contributed by atoms with E-state index in [0.717, 1.165) is 30.5 Å². The second-order valence-electron chi connectivity index (χ2n) is 8.52. The van der Waals surface area contributed by atoms with Gasteiger partial charge in [0.05, 0.1) is 17.7 Å². The topological polar surface area (TPSA) is 75.7 Å². The Kier molecular flexibility index (Phi) is 6.97. The number of halogens is 3. The molecule has 1 N–H and O–H groups in total. The molecule has 0 atom stereocenters. The lowest BCUT2D eigenvalue weighted by Gasteiger charge is -2.31. The van der Waals surface area contributed by atoms with Crippen LogP contribution in [0.2, 0.25) is 0 Å². The van der Waals surface area contributed by atoms with Crippen LogP contribution >= 0.6 is 11.3 Å². The Morgan fingerprint density at radius 1 is 1.09 bits per heavy atom. The number of carbonyl (C=O) groups is 3. The molecule has 182 valence electrons. The second kappa shape index (κ2) is 9.77. The van der Waals surface area contributed by atoms with Crippen molar-refractivity contribution in [2.24, 2.45) is 5.92 Å². The Bertz CT molecular complexity index is 1070. The highest BCUT2D eigenvalue weighted by Gasteiger charge is 2.34. The standard InChI is InChI=1S/C24H25F3N2O4S/c1-2-33-23(32)19-18(14-3-4-14)13-34-21(19)28-20(30)15-9-11-29(12-10-15)22(31)16-5-7-17(8-6-16)24(25,26)27/h5-8,13-15H,2-4,9-12H2,1H3,(H,28,30). The highest BCUT2D eigenvalue weighted by atomic mass is 32.1. The molecule has 0 unspecified atom stereocenters. The average Bonchev–Trinajstić information content (AvgIpc) is 3.58. The van der Waals surface area contributed by atoms with E-state index in [9.17, 15) is 27.6 Å². The number of hydrogen-bond donors (Lipinski definition) is 1. The zero-order valence-electron chi connectivity index (χ0n) is 18.6. The van der Waals surface area contributed by atoms with Crippen LogP contribution in [0.1, 0.15) is 70.4 Å². The van der Waals surface area contributed by atoms with Gasteiger partial charge in [0, 0.05) is 24.6 Å². The average molecular weight is 495 g/mol. The summed E-state index contributed by atoms with van der Waals surface area (Å²) >= 11 is 1.32. The molecule has 34 heavy (non-hydrogen) atoms. The molecule has 1 aliphatic heterocycles. The Morgan fingerprint density at radius 2 is 1.74 bits per heavy atom. The first-order valence-electron chi connectivity index (χ1n) is 11.2. The minimum atomic E-state index is -4.46. The molecule has 1 aromatic carbocycles. The predicted octanol–water partition coefficient (Wildman–Crippen LogP) is 5.31. The number of piperidine rings is 1. The monoisotopic (exact) mass is 494 g/mol. The Labute approximate surface area is 199 Å². The van der Waals surface area contributed by atoms with Crippen LogP contribution in [0.15, 0.2) is 29.6 Å². The van der Waals surface area contributed by atoms with E-state index in [0.29, 0.717) is 42.4 Å². The highest BCUT2D eigenvalue weighted by Crippen LogP contribution is 2.46. The maximum absolute atomic E-state index is 12.9. The van der Waals surface area contributed by atoms with E-state index in [1.807, 2.05) is 5.38 Å². The van der Waals surface area contributed by atoms with E-state index in [-0.39, 0.29) is 29.9 Å². The van der Waals surface area contributed by atoms with Crippen LogP contribution in [0.4, 0.5) is 18.2 Å². The molecule has 6 nitrogen and oxygen atoms in total. The van der Waals surface area contributed by atoms with Gasteiger partial charge in [-0.1, -0.05) is 0 Å². The number of carbonyl (C=O) groups excluding carboxylic acids is 3. The van der Waals surface area contributed by atoms with E-state index < -0.39 is 17.7 Å². The number of likely N-dealkylation sites (tertiary alicyclic amines) is 1. The zero-order chi connectivity index (χ0) is 24.5. The Hall–Kier alpha value is -2.88. The van der Waals surface area contributed by atoms with Crippen LogP contribution in [-0.4, -0.2) is 42.4 Å². The summed E-state index contributed by atoms with van der Waals surface area (Å²) in [7, 11) is 0. The fourth-order valence-electron chi connectivity index (χ4n) is 4.11. The maximum atomic E-state index is 12.9. The quantitative estimate of drug-likeness (QED) is 0.552. The van der Waals surface area contributed by atoms with E-state index in [2.05, 4.69) is 5.32 Å². The largest absolute Gasteiger partial charge is 0.462 e. The summed E-state index contributed by atoms with van der Waals surface area (Å²) in [6.07, 6.45) is -1.58. The zero-order valence-corrected chi connectivity index (χ0v) is 19.4. The second-order valence-corrected chi connectivity index (χ2v) is 9.40. The van der Waals surface area contributed by atoms with Crippen molar-refractivity contribution in [2.45, 2.75) is 44.7 Å². The van der Waals surface area contributed by atoms with Crippen molar-refractivity contribution < 1.29 is 32.3 Å². The van der Waals surface area contributed by atoms with Gasteiger partial charge in [-0.05, 0) is 73.7 Å². The van der Waals surface area contributed by atoms with Gasteiger partial charge < -0.3 is 15.0 Å². The molecule has 2 fully saturated rings. The van der Waals surface area contributed by atoms with Crippen molar-refractivity contribution in [3.05, 3.63) is 51.9 Å². The van der Waals surface area contributed by atoms with Crippen molar-refractivity contribution in [2.75, 3.05) is 25.0 Å². The number of anilines is 1. The van der Waals surface area contributed by atoms with Crippen LogP contribution in [0.3, 0.4) is 0 Å². The third-order valence-corrected chi connectivity index (χ3v) is 7.08. The lowest BCUT2D eigenvalue weighted by Crippen LogP contribution is -2.41. The number of alkyl halides is 3. The van der Waals surface area contributed by atoms with Gasteiger partial charge >= 0.3 is 12.1 Å². The summed E-state index contributed by atoms with van der Waals surface area (Å²) < 4.78 is 43.4. The number of benzene rings is 1. The fraction of sp³-hybridized carbons (Fsp3) is 0.458. The molecule has 2 aliphatic rings. The van der Waals surface area contributed by atoms with Gasteiger partial charge in [0.25, 0.3) is 5.91 Å². The van der Waals surface area contributed by atoms with Gasteiger partial charge in [0.1, 0.15) is 5.00 Å². The first-order chi connectivity index (χ1) is 16.2. The summed E-state index contributed by atoms with van der Waals surface area (Å²) in [5.74, 6) is -1.00. The van der Waals surface area contributed by atoms with Crippen LogP contribution in [0.5, 0.6) is 0 Å². The van der Waals surface area contributed by atoms with Crippen molar-refractivity contribution in [3.63, 3.8) is 0 Å². The molecule has 0 radical (unpaired) electrons. The van der Waals surface area contributed by atoms with E-state index in [4.69, 9.17) is 4.74 Å². The lowest BCUT2D eigenvalue weighted by atomic mass is 9.95. The van der Waals surface area contributed by atoms with E-state index >= 15 is 0 Å². The number of nitrogens with one attached hydrogen (secondary N) is 1. The highest BCUT2D eigenvalue weighted by molar-refractivity contribution is 7.15. The number of nitrogens with zero attached hydrogens (tertiary/aromatic N) is 1. The van der Waals surface area contributed by atoms with Gasteiger partial charge in [-0.15, -0.1) is 11.3 Å². The fourth-order valence-corrected chi connectivity index (χ4v) is 5.15. The molecule has 1 saturated carbocycles. The summed E-state index contributed by atoms with van der Waals surface area (Å²) in [5.41, 5.74) is 0.745. The third kappa shape index (κ3) is 5.27. The number of hydrogen-bond acceptors (Lipinski definition) is 5. The molecule has 1 saturated heterocycles. The smallest absolute Gasteiger partial charge is 0.416 e. The summed E-state index contributed by atoms with van der Waals surface area (Å²) in [5, 5.41) is 5.29. The third-order valence-electron chi connectivity index (χ3n) is 6.17. The number of esters is 1.